The van der Waals surface area contributed by atoms with Gasteiger partial charge in [0.05, 0.1) is 10.8 Å². The summed E-state index contributed by atoms with van der Waals surface area (Å²) in [5, 5.41) is 1.90. The number of ether oxygens (including phenoxy) is 1. The van der Waals surface area contributed by atoms with E-state index < -0.39 is 0 Å². The summed E-state index contributed by atoms with van der Waals surface area (Å²) in [5.41, 5.74) is 0.969. The van der Waals surface area contributed by atoms with Crippen LogP contribution in [0.15, 0.2) is 46.3 Å². The molecule has 0 bridgehead atoms. The number of hydrogen-bond acceptors (Lipinski definition) is 4. The molecule has 1 fully saturated rings. The molecule has 2 heterocycles. The van der Waals surface area contributed by atoms with Gasteiger partial charge in [-0.1, -0.05) is 34.1 Å². The van der Waals surface area contributed by atoms with Crippen LogP contribution < -0.4 is 0 Å². The van der Waals surface area contributed by atoms with E-state index in [1.807, 2.05) is 46.7 Å². The predicted molar refractivity (Wildman–Crippen MR) is 96.9 cm³/mol. The highest BCUT2D eigenvalue weighted by Crippen LogP contribution is 2.22. The minimum atomic E-state index is -0.166. The molecule has 24 heavy (non-hydrogen) atoms. The van der Waals surface area contributed by atoms with E-state index in [1.165, 1.54) is 11.3 Å². The van der Waals surface area contributed by atoms with Gasteiger partial charge in [0.25, 0.3) is 5.91 Å². The molecule has 1 saturated heterocycles. The zero-order valence-corrected chi connectivity index (χ0v) is 15.5. The van der Waals surface area contributed by atoms with Gasteiger partial charge in [0.1, 0.15) is 6.61 Å². The minimum absolute atomic E-state index is 0.0617. The Bertz CT molecular complexity index is 692. The molecule has 0 radical (unpaired) electrons. The van der Waals surface area contributed by atoms with Crippen molar-refractivity contribution < 1.29 is 14.3 Å². The number of piperidine rings is 1. The van der Waals surface area contributed by atoms with Gasteiger partial charge in [0.15, 0.2) is 0 Å². The smallest absolute Gasteiger partial charge is 0.309 e. The van der Waals surface area contributed by atoms with Crippen molar-refractivity contribution in [2.45, 2.75) is 19.4 Å². The maximum Gasteiger partial charge on any atom is 0.309 e. The second-order valence-corrected chi connectivity index (χ2v) is 7.64. The standard InChI is InChI=1S/C18H18BrNO3S/c19-15-5-3-13(4-6-15)12-23-18(22)14-7-9-20(10-8-14)17(21)16-2-1-11-24-16/h1-6,11,14H,7-10,12H2. The second kappa shape index (κ2) is 7.94. The van der Waals surface area contributed by atoms with Crippen LogP contribution in [-0.4, -0.2) is 29.9 Å². The van der Waals surface area contributed by atoms with Crippen LogP contribution in [0.2, 0.25) is 0 Å². The first kappa shape index (κ1) is 17.2. The van der Waals surface area contributed by atoms with Crippen molar-refractivity contribution >= 4 is 39.1 Å². The number of esters is 1. The predicted octanol–water partition coefficient (Wildman–Crippen LogP) is 4.11. The van der Waals surface area contributed by atoms with E-state index in [2.05, 4.69) is 15.9 Å². The van der Waals surface area contributed by atoms with E-state index in [1.54, 1.807) is 0 Å². The van der Waals surface area contributed by atoms with Crippen LogP contribution in [0.5, 0.6) is 0 Å². The molecule has 6 heteroatoms. The van der Waals surface area contributed by atoms with Crippen LogP contribution in [0.25, 0.3) is 0 Å². The largest absolute Gasteiger partial charge is 0.461 e. The molecule has 4 nitrogen and oxygen atoms in total. The Morgan fingerprint density at radius 3 is 2.50 bits per heavy atom. The first-order valence-electron chi connectivity index (χ1n) is 7.87. The molecule has 3 rings (SSSR count). The van der Waals surface area contributed by atoms with Gasteiger partial charge in [-0.15, -0.1) is 11.3 Å². The summed E-state index contributed by atoms with van der Waals surface area (Å²) in [6, 6.07) is 11.4. The maximum atomic E-state index is 12.3. The number of benzene rings is 1. The van der Waals surface area contributed by atoms with Gasteiger partial charge in [0, 0.05) is 17.6 Å². The highest BCUT2D eigenvalue weighted by atomic mass is 79.9. The summed E-state index contributed by atoms with van der Waals surface area (Å²) in [7, 11) is 0. The van der Waals surface area contributed by atoms with Gasteiger partial charge >= 0.3 is 5.97 Å². The number of carbonyl (C=O) groups excluding carboxylic acids is 2. The highest BCUT2D eigenvalue weighted by molar-refractivity contribution is 9.10. The third-order valence-electron chi connectivity index (χ3n) is 4.14. The van der Waals surface area contributed by atoms with Gasteiger partial charge < -0.3 is 9.64 Å². The van der Waals surface area contributed by atoms with Gasteiger partial charge in [-0.25, -0.2) is 0 Å². The van der Waals surface area contributed by atoms with Gasteiger partial charge in [0.2, 0.25) is 0 Å². The molecule has 1 aliphatic rings. The molecule has 0 saturated carbocycles. The van der Waals surface area contributed by atoms with Gasteiger partial charge in [-0.05, 0) is 42.0 Å². The molecule has 126 valence electrons. The van der Waals surface area contributed by atoms with E-state index >= 15 is 0 Å². The van der Waals surface area contributed by atoms with Crippen molar-refractivity contribution in [1.82, 2.24) is 4.90 Å². The third-order valence-corrected chi connectivity index (χ3v) is 5.53. The van der Waals surface area contributed by atoms with Crippen molar-refractivity contribution in [3.63, 3.8) is 0 Å². The maximum absolute atomic E-state index is 12.3. The van der Waals surface area contributed by atoms with E-state index in [0.29, 0.717) is 32.5 Å². The molecular weight excluding hydrogens is 390 g/mol. The van der Waals surface area contributed by atoms with Crippen molar-refractivity contribution in [3.8, 4) is 0 Å². The van der Waals surface area contributed by atoms with E-state index in [0.717, 1.165) is 14.9 Å². The Kier molecular flexibility index (Phi) is 5.68. The number of thiophene rings is 1. The van der Waals surface area contributed by atoms with Gasteiger partial charge in [-0.3, -0.25) is 9.59 Å². The number of likely N-dealkylation sites (tertiary alicyclic amines) is 1. The SMILES string of the molecule is O=C(OCc1ccc(Br)cc1)C1CCN(C(=O)c2cccs2)CC1. The number of amides is 1. The topological polar surface area (TPSA) is 46.6 Å². The fourth-order valence-electron chi connectivity index (χ4n) is 2.73. The van der Waals surface area contributed by atoms with E-state index in [-0.39, 0.29) is 17.8 Å². The van der Waals surface area contributed by atoms with Crippen LogP contribution in [0, 0.1) is 5.92 Å². The lowest BCUT2D eigenvalue weighted by molar-refractivity contribution is -0.151. The van der Waals surface area contributed by atoms with Crippen LogP contribution >= 0.6 is 27.3 Å². The second-order valence-electron chi connectivity index (χ2n) is 5.78. The molecule has 1 amide bonds. The molecule has 1 aromatic carbocycles. The molecule has 0 N–H and O–H groups in total. The number of nitrogens with zero attached hydrogens (tertiary/aromatic N) is 1. The van der Waals surface area contributed by atoms with Crippen molar-refractivity contribution in [1.29, 1.82) is 0 Å². The summed E-state index contributed by atoms with van der Waals surface area (Å²) < 4.78 is 6.42. The lowest BCUT2D eigenvalue weighted by atomic mass is 9.97. The van der Waals surface area contributed by atoms with E-state index in [9.17, 15) is 9.59 Å². The average Bonchev–Trinajstić information content (AvgIpc) is 3.15. The Hall–Kier alpha value is -1.66. The van der Waals surface area contributed by atoms with Gasteiger partial charge in [-0.2, -0.15) is 0 Å². The average molecular weight is 408 g/mol. The lowest BCUT2D eigenvalue weighted by Gasteiger charge is -2.30. The number of hydrogen-bond donors (Lipinski definition) is 0. The van der Waals surface area contributed by atoms with Crippen LogP contribution in [-0.2, 0) is 16.1 Å². The normalized spacial score (nSPS) is 15.3. The Morgan fingerprint density at radius 1 is 1.17 bits per heavy atom. The zero-order chi connectivity index (χ0) is 16.9. The summed E-state index contributed by atoms with van der Waals surface area (Å²) in [6.07, 6.45) is 1.33. The zero-order valence-electron chi connectivity index (χ0n) is 13.1. The fourth-order valence-corrected chi connectivity index (χ4v) is 3.68. The van der Waals surface area contributed by atoms with Crippen LogP contribution in [0.1, 0.15) is 28.1 Å². The quantitative estimate of drug-likeness (QED) is 0.716. The molecule has 2 aromatic rings. The third kappa shape index (κ3) is 4.24. The summed E-state index contributed by atoms with van der Waals surface area (Å²) >= 11 is 4.83. The Morgan fingerprint density at radius 2 is 1.88 bits per heavy atom. The first-order valence-corrected chi connectivity index (χ1v) is 9.54. The van der Waals surface area contributed by atoms with E-state index in [4.69, 9.17) is 4.74 Å². The monoisotopic (exact) mass is 407 g/mol. The number of halogens is 1. The van der Waals surface area contributed by atoms with Crippen molar-refractivity contribution in [2.75, 3.05) is 13.1 Å². The molecule has 1 aliphatic heterocycles. The lowest BCUT2D eigenvalue weighted by Crippen LogP contribution is -2.40. The summed E-state index contributed by atoms with van der Waals surface area (Å²) in [5.74, 6) is -0.222. The van der Waals surface area contributed by atoms with Crippen molar-refractivity contribution in [2.24, 2.45) is 5.92 Å². The Labute approximate surface area is 153 Å². The first-order chi connectivity index (χ1) is 11.6. The fraction of sp³-hybridized carbons (Fsp3) is 0.333. The van der Waals surface area contributed by atoms with Crippen LogP contribution in [0.3, 0.4) is 0 Å². The molecule has 0 unspecified atom stereocenters. The molecule has 0 spiro atoms. The number of carbonyl (C=O) groups is 2. The highest BCUT2D eigenvalue weighted by Gasteiger charge is 2.29. The summed E-state index contributed by atoms with van der Waals surface area (Å²) in [6.45, 7) is 1.50. The minimum Gasteiger partial charge on any atom is -0.461 e. The summed E-state index contributed by atoms with van der Waals surface area (Å²) in [4.78, 5) is 27.1. The Balaban J connectivity index is 1.46. The van der Waals surface area contributed by atoms with Crippen LogP contribution in [0.4, 0.5) is 0 Å². The number of rotatable bonds is 4. The molecule has 0 aliphatic carbocycles. The molecule has 0 atom stereocenters. The molecule has 1 aromatic heterocycles. The molecular formula is C18H18BrNO3S. The van der Waals surface area contributed by atoms with Crippen molar-refractivity contribution in [3.05, 3.63) is 56.7 Å².